The van der Waals surface area contributed by atoms with Gasteiger partial charge in [-0.25, -0.2) is 8.78 Å². The van der Waals surface area contributed by atoms with Gasteiger partial charge >= 0.3 is 0 Å². The van der Waals surface area contributed by atoms with Gasteiger partial charge in [-0.1, -0.05) is 6.07 Å². The average molecular weight is 312 g/mol. The lowest BCUT2D eigenvalue weighted by Crippen LogP contribution is -2.44. The highest BCUT2D eigenvalue weighted by molar-refractivity contribution is 5.78. The van der Waals surface area contributed by atoms with Crippen LogP contribution in [0.2, 0.25) is 0 Å². The number of aliphatic hydroxyl groups is 1. The number of hydrogen-bond acceptors (Lipinski definition) is 3. The molecule has 0 radical (unpaired) electrons. The van der Waals surface area contributed by atoms with Crippen LogP contribution in [0.4, 0.5) is 8.78 Å². The molecule has 2 atom stereocenters. The first-order valence-electron chi connectivity index (χ1n) is 7.64. The highest BCUT2D eigenvalue weighted by atomic mass is 19.2. The number of halogens is 2. The molecule has 122 valence electrons. The van der Waals surface area contributed by atoms with E-state index < -0.39 is 17.7 Å². The third-order valence-electron chi connectivity index (χ3n) is 3.99. The van der Waals surface area contributed by atoms with E-state index in [1.165, 1.54) is 6.07 Å². The van der Waals surface area contributed by atoms with Crippen LogP contribution < -0.4 is 5.32 Å². The van der Waals surface area contributed by atoms with Gasteiger partial charge < -0.3 is 10.4 Å². The zero-order valence-corrected chi connectivity index (χ0v) is 12.7. The minimum Gasteiger partial charge on any atom is -0.387 e. The molecule has 1 aliphatic rings. The SMILES string of the molecule is CCNC(=O)C1CCCN(CC(O)c2ccc(F)c(F)c2)C1. The van der Waals surface area contributed by atoms with Gasteiger partial charge in [0.05, 0.1) is 12.0 Å². The van der Waals surface area contributed by atoms with Crippen LogP contribution in [-0.4, -0.2) is 42.1 Å². The summed E-state index contributed by atoms with van der Waals surface area (Å²) in [4.78, 5) is 13.9. The van der Waals surface area contributed by atoms with E-state index >= 15 is 0 Å². The predicted octanol–water partition coefficient (Wildman–Crippen LogP) is 1.85. The fraction of sp³-hybridized carbons (Fsp3) is 0.562. The van der Waals surface area contributed by atoms with Crippen molar-refractivity contribution in [1.29, 1.82) is 0 Å². The van der Waals surface area contributed by atoms with E-state index in [9.17, 15) is 18.7 Å². The Bertz CT molecular complexity index is 525. The lowest BCUT2D eigenvalue weighted by molar-refractivity contribution is -0.126. The van der Waals surface area contributed by atoms with Gasteiger partial charge in [-0.15, -0.1) is 0 Å². The van der Waals surface area contributed by atoms with Crippen molar-refractivity contribution in [1.82, 2.24) is 10.2 Å². The maximum atomic E-state index is 13.2. The van der Waals surface area contributed by atoms with Gasteiger partial charge in [-0.2, -0.15) is 0 Å². The van der Waals surface area contributed by atoms with Gasteiger partial charge in [-0.05, 0) is 44.0 Å². The summed E-state index contributed by atoms with van der Waals surface area (Å²) in [5.41, 5.74) is 0.346. The Morgan fingerprint density at radius 1 is 1.45 bits per heavy atom. The van der Waals surface area contributed by atoms with Crippen LogP contribution in [0, 0.1) is 17.6 Å². The molecule has 1 fully saturated rings. The third-order valence-corrected chi connectivity index (χ3v) is 3.99. The molecule has 0 spiro atoms. The first-order valence-corrected chi connectivity index (χ1v) is 7.64. The van der Waals surface area contributed by atoms with Crippen molar-refractivity contribution in [3.63, 3.8) is 0 Å². The number of likely N-dealkylation sites (tertiary alicyclic amines) is 1. The van der Waals surface area contributed by atoms with E-state index in [4.69, 9.17) is 0 Å². The van der Waals surface area contributed by atoms with Crippen LogP contribution in [0.15, 0.2) is 18.2 Å². The van der Waals surface area contributed by atoms with Crippen LogP contribution in [0.25, 0.3) is 0 Å². The number of benzene rings is 1. The van der Waals surface area contributed by atoms with Crippen molar-refractivity contribution in [2.75, 3.05) is 26.2 Å². The van der Waals surface area contributed by atoms with Gasteiger partial charge in [0.2, 0.25) is 5.91 Å². The van der Waals surface area contributed by atoms with E-state index in [0.717, 1.165) is 31.5 Å². The maximum absolute atomic E-state index is 13.2. The largest absolute Gasteiger partial charge is 0.387 e. The van der Waals surface area contributed by atoms with Crippen molar-refractivity contribution in [3.8, 4) is 0 Å². The number of carbonyl (C=O) groups is 1. The van der Waals surface area contributed by atoms with Crippen LogP contribution in [0.5, 0.6) is 0 Å². The zero-order chi connectivity index (χ0) is 16.1. The molecule has 2 rings (SSSR count). The zero-order valence-electron chi connectivity index (χ0n) is 12.7. The number of hydrogen-bond donors (Lipinski definition) is 2. The number of amides is 1. The van der Waals surface area contributed by atoms with E-state index in [2.05, 4.69) is 5.32 Å². The molecule has 1 aromatic carbocycles. The molecule has 2 unspecified atom stereocenters. The molecule has 0 bridgehead atoms. The Hall–Kier alpha value is -1.53. The standard InChI is InChI=1S/C16H22F2N2O2/c1-2-19-16(22)12-4-3-7-20(9-12)10-15(21)11-5-6-13(17)14(18)8-11/h5-6,8,12,15,21H,2-4,7,9-10H2,1H3,(H,19,22). The molecule has 22 heavy (non-hydrogen) atoms. The summed E-state index contributed by atoms with van der Waals surface area (Å²) in [5.74, 6) is -1.93. The minimum atomic E-state index is -0.963. The predicted molar refractivity (Wildman–Crippen MR) is 79.2 cm³/mol. The van der Waals surface area contributed by atoms with Gasteiger partial charge in [0.25, 0.3) is 0 Å². The summed E-state index contributed by atoms with van der Waals surface area (Å²) in [6.45, 7) is 4.16. The number of aliphatic hydroxyl groups excluding tert-OH is 1. The molecule has 1 aliphatic heterocycles. The number of β-amino-alcohol motifs (C(OH)–C–C–N with tert-alkyl or cyclic N) is 1. The molecule has 0 aromatic heterocycles. The molecule has 2 N–H and O–H groups in total. The van der Waals surface area contributed by atoms with Crippen molar-refractivity contribution in [2.24, 2.45) is 5.92 Å². The summed E-state index contributed by atoms with van der Waals surface area (Å²) in [7, 11) is 0. The smallest absolute Gasteiger partial charge is 0.224 e. The molecule has 1 amide bonds. The highest BCUT2D eigenvalue weighted by Crippen LogP contribution is 2.22. The van der Waals surface area contributed by atoms with Gasteiger partial charge in [0.15, 0.2) is 11.6 Å². The van der Waals surface area contributed by atoms with E-state index in [-0.39, 0.29) is 11.8 Å². The Kier molecular flexibility index (Phi) is 5.85. The molecule has 6 heteroatoms. The van der Waals surface area contributed by atoms with E-state index in [1.807, 2.05) is 11.8 Å². The number of piperidine rings is 1. The van der Waals surface area contributed by atoms with Crippen LogP contribution >= 0.6 is 0 Å². The van der Waals surface area contributed by atoms with Gasteiger partial charge in [0, 0.05) is 19.6 Å². The maximum Gasteiger partial charge on any atom is 0.224 e. The summed E-state index contributed by atoms with van der Waals surface area (Å²) in [6.07, 6.45) is 0.818. The lowest BCUT2D eigenvalue weighted by atomic mass is 9.96. The fourth-order valence-electron chi connectivity index (χ4n) is 2.82. The summed E-state index contributed by atoms with van der Waals surface area (Å²) >= 11 is 0. The molecule has 1 aromatic rings. The first-order chi connectivity index (χ1) is 10.5. The van der Waals surface area contributed by atoms with Crippen LogP contribution in [0.1, 0.15) is 31.4 Å². The lowest BCUT2D eigenvalue weighted by Gasteiger charge is -2.33. The Labute approximate surface area is 129 Å². The van der Waals surface area contributed by atoms with Gasteiger partial charge in [0.1, 0.15) is 0 Å². The fourth-order valence-corrected chi connectivity index (χ4v) is 2.82. The van der Waals surface area contributed by atoms with Crippen LogP contribution in [0.3, 0.4) is 0 Å². The number of nitrogens with one attached hydrogen (secondary N) is 1. The number of rotatable bonds is 5. The second kappa shape index (κ2) is 7.65. The summed E-state index contributed by atoms with van der Waals surface area (Å²) in [5, 5.41) is 13.0. The van der Waals surface area contributed by atoms with Crippen LogP contribution in [-0.2, 0) is 4.79 Å². The van der Waals surface area contributed by atoms with E-state index in [0.29, 0.717) is 25.2 Å². The normalized spacial score (nSPS) is 20.6. The van der Waals surface area contributed by atoms with Crippen molar-refractivity contribution >= 4 is 5.91 Å². The minimum absolute atomic E-state index is 0.0366. The molecular weight excluding hydrogens is 290 g/mol. The second-order valence-corrected chi connectivity index (χ2v) is 5.68. The Balaban J connectivity index is 1.94. The molecule has 1 heterocycles. The van der Waals surface area contributed by atoms with Crippen molar-refractivity contribution in [3.05, 3.63) is 35.4 Å². The number of carbonyl (C=O) groups excluding carboxylic acids is 1. The topological polar surface area (TPSA) is 52.6 Å². The quantitative estimate of drug-likeness (QED) is 0.872. The Morgan fingerprint density at radius 2 is 2.23 bits per heavy atom. The van der Waals surface area contributed by atoms with E-state index in [1.54, 1.807) is 0 Å². The second-order valence-electron chi connectivity index (χ2n) is 5.68. The number of nitrogens with zero attached hydrogens (tertiary/aromatic N) is 1. The average Bonchev–Trinajstić information content (AvgIpc) is 2.50. The van der Waals surface area contributed by atoms with Crippen molar-refractivity contribution < 1.29 is 18.7 Å². The highest BCUT2D eigenvalue weighted by Gasteiger charge is 2.26. The molecule has 0 aliphatic carbocycles. The third kappa shape index (κ3) is 4.24. The first kappa shape index (κ1) is 16.8. The molecule has 1 saturated heterocycles. The van der Waals surface area contributed by atoms with Gasteiger partial charge in [-0.3, -0.25) is 9.69 Å². The molecule has 4 nitrogen and oxygen atoms in total. The summed E-state index contributed by atoms with van der Waals surface area (Å²) < 4.78 is 26.1. The van der Waals surface area contributed by atoms with Crippen molar-refractivity contribution in [2.45, 2.75) is 25.9 Å². The monoisotopic (exact) mass is 312 g/mol. The molecule has 0 saturated carbocycles. The molecular formula is C16H22F2N2O2. The Morgan fingerprint density at radius 3 is 2.91 bits per heavy atom. The summed E-state index contributed by atoms with van der Waals surface area (Å²) in [6, 6.07) is 3.42.